The first-order valence-electron chi connectivity index (χ1n) is 3.39. The van der Waals surface area contributed by atoms with Crippen molar-refractivity contribution in [2.75, 3.05) is 0 Å². The molecule has 0 unspecified atom stereocenters. The highest BCUT2D eigenvalue weighted by Crippen LogP contribution is 2.67. The van der Waals surface area contributed by atoms with Gasteiger partial charge in [0.1, 0.15) is 0 Å². The third-order valence-corrected chi connectivity index (χ3v) is 7.27. The highest BCUT2D eigenvalue weighted by atomic mass is 35.5. The number of carbonyl (C=O) groups excluding carboxylic acids is 4. The Bertz CT molecular complexity index is 335. The summed E-state index contributed by atoms with van der Waals surface area (Å²) >= 11 is 21.4. The van der Waals surface area contributed by atoms with Crippen LogP contribution in [0.2, 0.25) is 0 Å². The van der Waals surface area contributed by atoms with Gasteiger partial charge in [0.25, 0.3) is 21.0 Å². The summed E-state index contributed by atoms with van der Waals surface area (Å²) in [6, 6.07) is 0. The summed E-state index contributed by atoms with van der Waals surface area (Å²) in [7, 11) is 0. The lowest BCUT2D eigenvalue weighted by Gasteiger charge is -2.45. The van der Waals surface area contributed by atoms with Crippen LogP contribution in [-0.4, -0.2) is 29.1 Å². The molecule has 0 saturated carbocycles. The molecule has 0 bridgehead atoms. The topological polar surface area (TPSA) is 68.3 Å². The number of halogens is 4. The van der Waals surface area contributed by atoms with Crippen molar-refractivity contribution in [3.63, 3.8) is 0 Å². The molecule has 0 aliphatic carbocycles. The molecular formula is C6Cl4O4S2. The largest absolute Gasteiger partial charge is 0.278 e. The van der Waals surface area contributed by atoms with Gasteiger partial charge in [-0.05, 0) is 46.4 Å². The van der Waals surface area contributed by atoms with E-state index in [2.05, 4.69) is 0 Å². The molecule has 0 aromatic carbocycles. The van der Waals surface area contributed by atoms with Crippen LogP contribution in [0.25, 0.3) is 0 Å². The molecule has 0 radical (unpaired) electrons. The van der Waals surface area contributed by atoms with Crippen molar-refractivity contribution in [3.05, 3.63) is 0 Å². The molecule has 1 heterocycles. The van der Waals surface area contributed by atoms with Crippen LogP contribution in [0.5, 0.6) is 0 Å². The zero-order valence-electron chi connectivity index (χ0n) is 6.96. The van der Waals surface area contributed by atoms with Crippen molar-refractivity contribution < 1.29 is 19.2 Å². The van der Waals surface area contributed by atoms with Crippen molar-refractivity contribution in [2.45, 2.75) is 8.16 Å². The minimum absolute atomic E-state index is 0.338. The van der Waals surface area contributed by atoms with Crippen molar-refractivity contribution in [3.8, 4) is 0 Å². The minimum Gasteiger partial charge on any atom is -0.278 e. The first kappa shape index (κ1) is 14.6. The van der Waals surface area contributed by atoms with E-state index in [1.54, 1.807) is 0 Å². The van der Waals surface area contributed by atoms with E-state index in [-0.39, 0.29) is 0 Å². The zero-order valence-corrected chi connectivity index (χ0v) is 11.6. The second-order valence-corrected chi connectivity index (χ2v) is 7.28. The third-order valence-electron chi connectivity index (χ3n) is 1.61. The molecule has 0 atom stereocenters. The maximum Gasteiger partial charge on any atom is 0.257 e. The summed E-state index contributed by atoms with van der Waals surface area (Å²) in [4.78, 5) is 44.1. The van der Waals surface area contributed by atoms with Gasteiger partial charge in [-0.25, -0.2) is 0 Å². The molecular weight excluding hydrogens is 342 g/mol. The molecule has 1 aliphatic heterocycles. The van der Waals surface area contributed by atoms with Crippen LogP contribution in [0.15, 0.2) is 0 Å². The van der Waals surface area contributed by atoms with E-state index in [4.69, 9.17) is 46.4 Å². The number of hydrogen-bond acceptors (Lipinski definition) is 6. The predicted octanol–water partition coefficient (Wildman–Crippen LogP) is 1.92. The second kappa shape index (κ2) is 4.66. The fraction of sp³-hybridized carbons (Fsp3) is 0.333. The molecule has 1 rings (SSSR count). The van der Waals surface area contributed by atoms with Crippen molar-refractivity contribution in [1.82, 2.24) is 0 Å². The van der Waals surface area contributed by atoms with Gasteiger partial charge in [-0.15, -0.1) is 0 Å². The summed E-state index contributed by atoms with van der Waals surface area (Å²) in [5, 5.41) is -4.41. The van der Waals surface area contributed by atoms with Gasteiger partial charge in [0, 0.05) is 0 Å². The van der Waals surface area contributed by atoms with E-state index < -0.39 is 29.1 Å². The van der Waals surface area contributed by atoms with Gasteiger partial charge in [0.2, 0.25) is 8.16 Å². The van der Waals surface area contributed by atoms with Crippen LogP contribution in [0.4, 0.5) is 0 Å². The lowest BCUT2D eigenvalue weighted by atomic mass is 10.4. The van der Waals surface area contributed by atoms with Crippen LogP contribution in [0.1, 0.15) is 0 Å². The van der Waals surface area contributed by atoms with Gasteiger partial charge in [-0.2, -0.15) is 0 Å². The van der Waals surface area contributed by atoms with Gasteiger partial charge in [0.05, 0.1) is 0 Å². The Labute approximate surface area is 118 Å². The molecule has 0 aromatic rings. The van der Waals surface area contributed by atoms with Gasteiger partial charge in [-0.3, -0.25) is 19.2 Å². The molecule has 10 heteroatoms. The van der Waals surface area contributed by atoms with E-state index in [9.17, 15) is 19.2 Å². The van der Waals surface area contributed by atoms with Crippen molar-refractivity contribution in [2.24, 2.45) is 0 Å². The van der Waals surface area contributed by atoms with Crippen LogP contribution < -0.4 is 0 Å². The third kappa shape index (κ3) is 2.00. The molecule has 0 spiro atoms. The molecule has 0 N–H and O–H groups in total. The maximum absolute atomic E-state index is 11.0. The molecule has 4 nitrogen and oxygen atoms in total. The second-order valence-electron chi connectivity index (χ2n) is 2.53. The lowest BCUT2D eigenvalue weighted by molar-refractivity contribution is -0.119. The number of rotatable bonds is 4. The average Bonchev–Trinajstić information content (AvgIpc) is 1.98. The Kier molecular flexibility index (Phi) is 4.26. The van der Waals surface area contributed by atoms with Crippen LogP contribution >= 0.6 is 69.9 Å². The zero-order chi connectivity index (χ0) is 12.7. The first-order valence-corrected chi connectivity index (χ1v) is 6.53. The Hall–Kier alpha value is 0.540. The Morgan fingerprint density at radius 2 is 0.812 bits per heavy atom. The highest BCUT2D eigenvalue weighted by Gasteiger charge is 2.70. The molecule has 88 valence electrons. The minimum atomic E-state index is -1.90. The smallest absolute Gasteiger partial charge is 0.257 e. The quantitative estimate of drug-likeness (QED) is 0.574. The molecule has 1 aliphatic rings. The van der Waals surface area contributed by atoms with Crippen LogP contribution in [0.3, 0.4) is 0 Å². The Morgan fingerprint density at radius 1 is 0.625 bits per heavy atom. The summed E-state index contributed by atoms with van der Waals surface area (Å²) < 4.78 is -3.81. The van der Waals surface area contributed by atoms with Crippen molar-refractivity contribution in [1.29, 1.82) is 0 Å². The summed E-state index contributed by atoms with van der Waals surface area (Å²) in [6.45, 7) is 0. The highest BCUT2D eigenvalue weighted by molar-refractivity contribution is 8.40. The number of thioether (sulfide) groups is 2. The van der Waals surface area contributed by atoms with Crippen LogP contribution in [0, 0.1) is 0 Å². The SMILES string of the molecule is O=C(Cl)C1(C(=O)Cl)SC(C(=O)Cl)(C(=O)Cl)S1. The van der Waals surface area contributed by atoms with Gasteiger partial charge >= 0.3 is 0 Å². The first-order chi connectivity index (χ1) is 7.19. The number of carbonyl (C=O) groups is 4. The van der Waals surface area contributed by atoms with E-state index in [0.29, 0.717) is 23.5 Å². The van der Waals surface area contributed by atoms with E-state index in [1.807, 2.05) is 0 Å². The molecule has 1 saturated heterocycles. The van der Waals surface area contributed by atoms with E-state index in [1.165, 1.54) is 0 Å². The fourth-order valence-corrected chi connectivity index (χ4v) is 4.97. The molecule has 0 aromatic heterocycles. The molecule has 16 heavy (non-hydrogen) atoms. The van der Waals surface area contributed by atoms with Crippen molar-refractivity contribution >= 4 is 90.9 Å². The lowest BCUT2D eigenvalue weighted by Crippen LogP contribution is -2.57. The Morgan fingerprint density at radius 3 is 0.938 bits per heavy atom. The molecule has 1 fully saturated rings. The Balaban J connectivity index is 3.08. The standard InChI is InChI=1S/C6Cl4O4S2/c7-1(11)5(2(8)12)15-6(16-5,3(9)13)4(10)14. The summed E-state index contributed by atoms with van der Waals surface area (Å²) in [5.74, 6) is 0. The fourth-order valence-electron chi connectivity index (χ4n) is 0.888. The van der Waals surface area contributed by atoms with Crippen LogP contribution in [-0.2, 0) is 19.2 Å². The van der Waals surface area contributed by atoms with Gasteiger partial charge < -0.3 is 0 Å². The summed E-state index contributed by atoms with van der Waals surface area (Å²) in [5.41, 5.74) is 0. The normalized spacial score (nSPS) is 20.8. The maximum atomic E-state index is 11.0. The van der Waals surface area contributed by atoms with E-state index in [0.717, 1.165) is 0 Å². The van der Waals surface area contributed by atoms with Gasteiger partial charge in [-0.1, -0.05) is 23.5 Å². The predicted molar refractivity (Wildman–Crippen MR) is 64.1 cm³/mol. The monoisotopic (exact) mass is 340 g/mol. The number of hydrogen-bond donors (Lipinski definition) is 0. The van der Waals surface area contributed by atoms with Gasteiger partial charge in [0.15, 0.2) is 0 Å². The average molecular weight is 342 g/mol. The van der Waals surface area contributed by atoms with E-state index >= 15 is 0 Å². The summed E-state index contributed by atoms with van der Waals surface area (Å²) in [6.07, 6.45) is 0. The molecule has 0 amide bonds.